The van der Waals surface area contributed by atoms with E-state index in [0.717, 1.165) is 21.9 Å². The first kappa shape index (κ1) is 17.3. The molecule has 0 bridgehead atoms. The van der Waals surface area contributed by atoms with Crippen molar-refractivity contribution in [2.24, 2.45) is 4.99 Å². The van der Waals surface area contributed by atoms with Crippen molar-refractivity contribution in [3.63, 3.8) is 0 Å². The van der Waals surface area contributed by atoms with Crippen molar-refractivity contribution >= 4 is 29.4 Å². The van der Waals surface area contributed by atoms with Crippen LogP contribution in [0.5, 0.6) is 5.75 Å². The number of rotatable bonds is 4. The summed E-state index contributed by atoms with van der Waals surface area (Å²) in [4.78, 5) is 34.1. The van der Waals surface area contributed by atoms with Crippen LogP contribution in [0, 0.1) is 0 Å². The van der Waals surface area contributed by atoms with E-state index in [4.69, 9.17) is 4.74 Å². The van der Waals surface area contributed by atoms with Gasteiger partial charge in [0.15, 0.2) is 0 Å². The Morgan fingerprint density at radius 1 is 1.33 bits per heavy atom. The second kappa shape index (κ2) is 6.22. The van der Waals surface area contributed by atoms with Crippen molar-refractivity contribution in [3.8, 4) is 5.75 Å². The number of fused-ring (bicyclic) bond motifs is 2. The van der Waals surface area contributed by atoms with Crippen LogP contribution in [0.2, 0.25) is 0 Å². The van der Waals surface area contributed by atoms with Gasteiger partial charge in [0.25, 0.3) is 5.91 Å². The summed E-state index contributed by atoms with van der Waals surface area (Å²) < 4.78 is 7.69. The number of guanidine groups is 1. The summed E-state index contributed by atoms with van der Waals surface area (Å²) in [6.45, 7) is 7.60. The number of ether oxygens (including phenoxy) is 1. The van der Waals surface area contributed by atoms with Gasteiger partial charge < -0.3 is 4.74 Å². The highest BCUT2D eigenvalue weighted by Crippen LogP contribution is 2.28. The van der Waals surface area contributed by atoms with Gasteiger partial charge in [0.1, 0.15) is 24.6 Å². The van der Waals surface area contributed by atoms with Crippen molar-refractivity contribution in [1.29, 1.82) is 0 Å². The Balaban J connectivity index is 1.66. The molecule has 3 aliphatic heterocycles. The Labute approximate surface area is 157 Å². The van der Waals surface area contributed by atoms with E-state index >= 15 is 0 Å². The molecular weight excluding hydrogens is 346 g/mol. The second-order valence-corrected chi connectivity index (χ2v) is 7.00. The molecule has 8 nitrogen and oxygen atoms in total. The maximum absolute atomic E-state index is 12.6. The molecule has 1 fully saturated rings. The molecule has 1 unspecified atom stereocenters. The van der Waals surface area contributed by atoms with Gasteiger partial charge in [-0.3, -0.25) is 14.6 Å². The molecule has 8 heteroatoms. The molecule has 3 aliphatic rings. The van der Waals surface area contributed by atoms with Crippen LogP contribution in [-0.2, 0) is 4.79 Å². The maximum Gasteiger partial charge on any atom is 0.397 e. The highest BCUT2D eigenvalue weighted by atomic mass is 16.5. The molecule has 0 saturated carbocycles. The van der Waals surface area contributed by atoms with E-state index in [2.05, 4.69) is 11.6 Å². The first-order valence-electron chi connectivity index (χ1n) is 8.80. The van der Waals surface area contributed by atoms with Crippen LogP contribution in [0.25, 0.3) is 0 Å². The predicted molar refractivity (Wildman–Crippen MR) is 101 cm³/mol. The number of benzene rings is 1. The molecule has 3 amide bonds. The van der Waals surface area contributed by atoms with Gasteiger partial charge in [-0.05, 0) is 24.6 Å². The number of carbonyl (C=O) groups excluding carboxylic acids is 2. The third-order valence-corrected chi connectivity index (χ3v) is 4.93. The van der Waals surface area contributed by atoms with Gasteiger partial charge in [0.05, 0.1) is 6.54 Å². The Bertz CT molecular complexity index is 920. The number of carbonyl (C=O) groups is 2. The van der Waals surface area contributed by atoms with Crippen LogP contribution in [0.3, 0.4) is 0 Å². The number of amides is 3. The van der Waals surface area contributed by atoms with Crippen molar-refractivity contribution in [3.05, 3.63) is 36.4 Å². The Kier molecular flexibility index (Phi) is 3.98. The van der Waals surface area contributed by atoms with E-state index in [1.165, 1.54) is 11.9 Å². The van der Waals surface area contributed by atoms with Crippen molar-refractivity contribution < 1.29 is 18.9 Å². The summed E-state index contributed by atoms with van der Waals surface area (Å²) in [7, 11) is 3.16. The standard InChI is InChI=1S/C19H22N5O3/c1-12(2)11-27-14-7-5-6-13(10-14)23-8-9-24-15-16(20-18(23)24)21(3)19(26)22(4)17(15)25/h5-7,10,15H,1,8-9,11H2,2-4H3/q+1. The van der Waals surface area contributed by atoms with Crippen LogP contribution >= 0.6 is 0 Å². The van der Waals surface area contributed by atoms with Gasteiger partial charge in [-0.15, -0.1) is 0 Å². The summed E-state index contributed by atoms with van der Waals surface area (Å²) >= 11 is 0. The van der Waals surface area contributed by atoms with Crippen LogP contribution < -0.4 is 9.64 Å². The lowest BCUT2D eigenvalue weighted by atomic mass is 10.1. The lowest BCUT2D eigenvalue weighted by molar-refractivity contribution is -0.525. The molecule has 0 aromatic heterocycles. The molecule has 0 N–H and O–H groups in total. The number of anilines is 1. The Morgan fingerprint density at radius 3 is 2.85 bits per heavy atom. The predicted octanol–water partition coefficient (Wildman–Crippen LogP) is 1.13. The molecule has 3 heterocycles. The number of hydrogen-bond acceptors (Lipinski definition) is 5. The average Bonchev–Trinajstić information content (AvgIpc) is 3.22. The number of aliphatic imine (C=N–C) groups is 1. The van der Waals surface area contributed by atoms with E-state index in [0.29, 0.717) is 31.5 Å². The number of nitrogens with zero attached hydrogens (tertiary/aromatic N) is 5. The van der Waals surface area contributed by atoms with E-state index < -0.39 is 6.04 Å². The SMILES string of the molecule is C=C(C)COc1cccc(N2CC[N+]3=C2N=C2C3C(=O)N(C)C(=O)N2C)c1. The summed E-state index contributed by atoms with van der Waals surface area (Å²) in [6.07, 6.45) is 0. The Morgan fingerprint density at radius 2 is 2.11 bits per heavy atom. The fourth-order valence-electron chi connectivity index (χ4n) is 3.53. The van der Waals surface area contributed by atoms with Crippen LogP contribution in [0.15, 0.2) is 41.4 Å². The minimum atomic E-state index is -0.541. The summed E-state index contributed by atoms with van der Waals surface area (Å²) in [5.74, 6) is 1.68. The minimum Gasteiger partial charge on any atom is -0.489 e. The summed E-state index contributed by atoms with van der Waals surface area (Å²) in [6, 6.07) is 6.85. The van der Waals surface area contributed by atoms with Crippen molar-refractivity contribution in [2.75, 3.05) is 38.7 Å². The number of amidine groups is 1. The molecule has 0 aliphatic carbocycles. The zero-order valence-corrected chi connectivity index (χ0v) is 15.7. The van der Waals surface area contributed by atoms with Gasteiger partial charge in [0.2, 0.25) is 11.9 Å². The lowest BCUT2D eigenvalue weighted by Crippen LogP contribution is -2.61. The van der Waals surface area contributed by atoms with Gasteiger partial charge in [-0.2, -0.15) is 0 Å². The van der Waals surface area contributed by atoms with Gasteiger partial charge >= 0.3 is 12.0 Å². The van der Waals surface area contributed by atoms with Gasteiger partial charge in [-0.1, -0.05) is 17.6 Å². The molecular formula is C19H22N5O3+. The average molecular weight is 368 g/mol. The molecule has 4 rings (SSSR count). The number of imide groups is 1. The van der Waals surface area contributed by atoms with E-state index in [-0.39, 0.29) is 11.9 Å². The number of likely N-dealkylation sites (N-methyl/N-ethyl adjacent to an activating group) is 2. The largest absolute Gasteiger partial charge is 0.489 e. The van der Waals surface area contributed by atoms with Gasteiger partial charge in [0, 0.05) is 20.2 Å². The fourth-order valence-corrected chi connectivity index (χ4v) is 3.53. The normalized spacial score (nSPS) is 21.5. The minimum absolute atomic E-state index is 0.243. The summed E-state index contributed by atoms with van der Waals surface area (Å²) in [5.41, 5.74) is 1.88. The highest BCUT2D eigenvalue weighted by molar-refractivity contribution is 6.24. The Hall–Kier alpha value is -3.16. The lowest BCUT2D eigenvalue weighted by Gasteiger charge is -2.31. The van der Waals surface area contributed by atoms with E-state index in [1.54, 1.807) is 7.05 Å². The topological polar surface area (TPSA) is 68.5 Å². The second-order valence-electron chi connectivity index (χ2n) is 7.00. The maximum atomic E-state index is 12.6. The zero-order valence-electron chi connectivity index (χ0n) is 15.7. The molecule has 1 aromatic rings. The fraction of sp³-hybridized carbons (Fsp3) is 0.368. The molecule has 1 aromatic carbocycles. The van der Waals surface area contributed by atoms with Crippen LogP contribution in [0.1, 0.15) is 6.92 Å². The van der Waals surface area contributed by atoms with Crippen molar-refractivity contribution in [2.45, 2.75) is 13.0 Å². The molecule has 140 valence electrons. The van der Waals surface area contributed by atoms with E-state index in [9.17, 15) is 9.59 Å². The first-order valence-corrected chi connectivity index (χ1v) is 8.80. The number of hydrogen-bond donors (Lipinski definition) is 0. The molecule has 1 atom stereocenters. The van der Waals surface area contributed by atoms with Crippen LogP contribution in [0.4, 0.5) is 10.5 Å². The van der Waals surface area contributed by atoms with E-state index in [1.807, 2.05) is 40.7 Å². The van der Waals surface area contributed by atoms with Gasteiger partial charge in [-0.25, -0.2) is 14.3 Å². The third kappa shape index (κ3) is 2.68. The summed E-state index contributed by atoms with van der Waals surface area (Å²) in [5, 5.41) is 0. The zero-order chi connectivity index (χ0) is 19.3. The quantitative estimate of drug-likeness (QED) is 0.590. The van der Waals surface area contributed by atoms with Crippen molar-refractivity contribution in [1.82, 2.24) is 9.80 Å². The third-order valence-electron chi connectivity index (χ3n) is 4.93. The monoisotopic (exact) mass is 368 g/mol. The molecule has 27 heavy (non-hydrogen) atoms. The smallest absolute Gasteiger partial charge is 0.397 e. The molecule has 1 saturated heterocycles. The molecule has 0 radical (unpaired) electrons. The molecule has 0 spiro atoms. The number of urea groups is 1. The first-order chi connectivity index (χ1) is 12.9. The highest BCUT2D eigenvalue weighted by Gasteiger charge is 2.54. The van der Waals surface area contributed by atoms with Crippen LogP contribution in [-0.4, -0.2) is 77.9 Å².